The number of ether oxygens (including phenoxy) is 5. The lowest BCUT2D eigenvalue weighted by Crippen LogP contribution is -2.05. The fourth-order valence-electron chi connectivity index (χ4n) is 3.80. The molecule has 1 aliphatic heterocycles. The molecule has 6 nitrogen and oxygen atoms in total. The fourth-order valence-corrected chi connectivity index (χ4v) is 4.86. The van der Waals surface area contributed by atoms with Crippen molar-refractivity contribution >= 4 is 17.5 Å². The molecule has 0 atom stereocenters. The van der Waals surface area contributed by atoms with Gasteiger partial charge >= 0.3 is 0 Å². The Hall–Kier alpha value is -3.32. The van der Waals surface area contributed by atoms with Gasteiger partial charge in [0, 0.05) is 21.8 Å². The second-order valence-corrected chi connectivity index (χ2v) is 8.12. The summed E-state index contributed by atoms with van der Waals surface area (Å²) in [4.78, 5) is 14.4. The largest absolute Gasteiger partial charge is 0.493 e. The van der Waals surface area contributed by atoms with Crippen LogP contribution in [0.5, 0.6) is 28.7 Å². The minimum atomic E-state index is -0.0461. The van der Waals surface area contributed by atoms with Gasteiger partial charge in [-0.25, -0.2) is 0 Å². The second kappa shape index (κ2) is 9.04. The van der Waals surface area contributed by atoms with Gasteiger partial charge in [0.15, 0.2) is 28.8 Å². The van der Waals surface area contributed by atoms with E-state index in [-0.39, 0.29) is 5.78 Å². The molecule has 0 saturated carbocycles. The van der Waals surface area contributed by atoms with Gasteiger partial charge < -0.3 is 23.7 Å². The van der Waals surface area contributed by atoms with Crippen molar-refractivity contribution in [1.29, 1.82) is 0 Å². The predicted octanol–water partition coefficient (Wildman–Crippen LogP) is 5.23. The van der Waals surface area contributed by atoms with Crippen LogP contribution in [0.3, 0.4) is 0 Å². The Bertz CT molecular complexity index is 1160. The summed E-state index contributed by atoms with van der Waals surface area (Å²) in [5, 5.41) is 0. The van der Waals surface area contributed by atoms with E-state index in [2.05, 4.69) is 0 Å². The molecule has 166 valence electrons. The quantitative estimate of drug-likeness (QED) is 0.507. The third-order valence-electron chi connectivity index (χ3n) is 5.47. The molecular weight excluding hydrogens is 428 g/mol. The van der Waals surface area contributed by atoms with Crippen molar-refractivity contribution in [2.24, 2.45) is 0 Å². The van der Waals surface area contributed by atoms with Gasteiger partial charge in [0.25, 0.3) is 0 Å². The van der Waals surface area contributed by atoms with Crippen LogP contribution in [0.25, 0.3) is 11.1 Å². The number of carbonyl (C=O) groups excluding carboxylic acids is 1. The number of benzene rings is 3. The van der Waals surface area contributed by atoms with Crippen molar-refractivity contribution in [2.45, 2.75) is 10.6 Å². The van der Waals surface area contributed by atoms with Gasteiger partial charge in [-0.2, -0.15) is 0 Å². The van der Waals surface area contributed by atoms with E-state index in [1.807, 2.05) is 36.4 Å². The first kappa shape index (κ1) is 21.9. The molecule has 3 aromatic rings. The molecule has 0 radical (unpaired) electrons. The molecule has 3 aromatic carbocycles. The lowest BCUT2D eigenvalue weighted by molar-refractivity contribution is 0.103. The molecule has 0 amide bonds. The number of hydrogen-bond donors (Lipinski definition) is 0. The van der Waals surface area contributed by atoms with Crippen molar-refractivity contribution in [3.8, 4) is 39.9 Å². The summed E-state index contributed by atoms with van der Waals surface area (Å²) in [6.07, 6.45) is 0. The fraction of sp³-hybridized carbons (Fsp3) is 0.240. The molecule has 0 bridgehead atoms. The maximum atomic E-state index is 13.5. The Labute approximate surface area is 191 Å². The molecule has 0 N–H and O–H groups in total. The molecule has 0 aliphatic carbocycles. The molecule has 32 heavy (non-hydrogen) atoms. The van der Waals surface area contributed by atoms with Crippen LogP contribution in [-0.2, 0) is 5.75 Å². The Morgan fingerprint density at radius 3 is 1.88 bits per heavy atom. The van der Waals surface area contributed by atoms with Crippen LogP contribution in [0.1, 0.15) is 21.5 Å². The van der Waals surface area contributed by atoms with Gasteiger partial charge in [-0.3, -0.25) is 4.79 Å². The van der Waals surface area contributed by atoms with Crippen LogP contribution in [0, 0.1) is 0 Å². The van der Waals surface area contributed by atoms with Crippen LogP contribution in [0.4, 0.5) is 0 Å². The third-order valence-corrected chi connectivity index (χ3v) is 6.57. The normalized spacial score (nSPS) is 12.3. The second-order valence-electron chi connectivity index (χ2n) is 7.11. The van der Waals surface area contributed by atoms with Crippen molar-refractivity contribution in [3.05, 3.63) is 59.2 Å². The van der Waals surface area contributed by atoms with E-state index in [0.29, 0.717) is 45.6 Å². The maximum absolute atomic E-state index is 13.5. The average molecular weight is 453 g/mol. The van der Waals surface area contributed by atoms with E-state index < -0.39 is 0 Å². The summed E-state index contributed by atoms with van der Waals surface area (Å²) in [6.45, 7) is 0. The summed E-state index contributed by atoms with van der Waals surface area (Å²) in [5.74, 6) is 3.41. The number of rotatable bonds is 6. The highest BCUT2D eigenvalue weighted by molar-refractivity contribution is 7.98. The van der Waals surface area contributed by atoms with Gasteiger partial charge in [0.05, 0.1) is 35.5 Å². The highest BCUT2D eigenvalue weighted by atomic mass is 32.2. The zero-order valence-electron chi connectivity index (χ0n) is 18.6. The van der Waals surface area contributed by atoms with E-state index >= 15 is 0 Å². The monoisotopic (exact) mass is 452 g/mol. The van der Waals surface area contributed by atoms with Gasteiger partial charge in [-0.15, -0.1) is 11.8 Å². The number of carbonyl (C=O) groups is 1. The summed E-state index contributed by atoms with van der Waals surface area (Å²) < 4.78 is 27.2. The van der Waals surface area contributed by atoms with Crippen LogP contribution in [0.15, 0.2) is 47.4 Å². The van der Waals surface area contributed by atoms with E-state index in [0.717, 1.165) is 21.6 Å². The highest BCUT2D eigenvalue weighted by Gasteiger charge is 2.25. The molecule has 4 rings (SSSR count). The molecule has 1 heterocycles. The van der Waals surface area contributed by atoms with E-state index in [1.165, 1.54) is 0 Å². The molecule has 7 heteroatoms. The summed E-state index contributed by atoms with van der Waals surface area (Å²) in [6, 6.07) is 13.3. The molecule has 0 fully saturated rings. The van der Waals surface area contributed by atoms with E-state index in [1.54, 1.807) is 53.4 Å². The first-order valence-electron chi connectivity index (χ1n) is 9.91. The Kier molecular flexibility index (Phi) is 6.19. The Morgan fingerprint density at radius 2 is 1.28 bits per heavy atom. The molecule has 0 aromatic heterocycles. The van der Waals surface area contributed by atoms with Crippen molar-refractivity contribution in [3.63, 3.8) is 0 Å². The summed E-state index contributed by atoms with van der Waals surface area (Å²) in [5.41, 5.74) is 3.98. The molecule has 0 saturated heterocycles. The van der Waals surface area contributed by atoms with Crippen molar-refractivity contribution < 1.29 is 28.5 Å². The minimum Gasteiger partial charge on any atom is -0.493 e. The molecule has 0 spiro atoms. The lowest BCUT2D eigenvalue weighted by atomic mass is 9.94. The van der Waals surface area contributed by atoms with Crippen LogP contribution in [0.2, 0.25) is 0 Å². The van der Waals surface area contributed by atoms with Crippen molar-refractivity contribution in [1.82, 2.24) is 0 Å². The highest BCUT2D eigenvalue weighted by Crippen LogP contribution is 2.43. The van der Waals surface area contributed by atoms with Gasteiger partial charge in [0.2, 0.25) is 5.75 Å². The number of ketones is 1. The predicted molar refractivity (Wildman–Crippen MR) is 124 cm³/mol. The smallest absolute Gasteiger partial charge is 0.203 e. The summed E-state index contributed by atoms with van der Waals surface area (Å²) >= 11 is 1.61. The first-order chi connectivity index (χ1) is 15.5. The molecule has 1 aliphatic rings. The standard InChI is InChI=1S/C25H24O6S/c1-27-19-11-18-23(12-20(19)28-2)32-13-15-7-6-14(8-17(15)24(18)26)16-9-21(29-3)25(31-5)22(10-16)30-4/h6-12H,13H2,1-5H3. The maximum Gasteiger partial charge on any atom is 0.203 e. The van der Waals surface area contributed by atoms with Gasteiger partial charge in [0.1, 0.15) is 0 Å². The zero-order chi connectivity index (χ0) is 22.8. The van der Waals surface area contributed by atoms with E-state index in [9.17, 15) is 4.79 Å². The lowest BCUT2D eigenvalue weighted by Gasteiger charge is -2.15. The topological polar surface area (TPSA) is 63.2 Å². The van der Waals surface area contributed by atoms with Gasteiger partial charge in [-0.05, 0) is 47.0 Å². The number of fused-ring (bicyclic) bond motifs is 2. The summed E-state index contributed by atoms with van der Waals surface area (Å²) in [7, 11) is 7.88. The van der Waals surface area contributed by atoms with Crippen LogP contribution < -0.4 is 23.7 Å². The zero-order valence-corrected chi connectivity index (χ0v) is 19.4. The Morgan fingerprint density at radius 1 is 0.656 bits per heavy atom. The molecule has 0 unspecified atom stereocenters. The molecular formula is C25H24O6S. The van der Waals surface area contributed by atoms with Crippen molar-refractivity contribution in [2.75, 3.05) is 35.5 Å². The number of methoxy groups -OCH3 is 5. The van der Waals surface area contributed by atoms with E-state index in [4.69, 9.17) is 23.7 Å². The average Bonchev–Trinajstić information content (AvgIpc) is 2.97. The SMILES string of the molecule is COc1cc2c(cc1OC)C(=O)c1cc(-c3cc(OC)c(OC)c(OC)c3)ccc1CS2. The minimum absolute atomic E-state index is 0.0461. The number of hydrogen-bond acceptors (Lipinski definition) is 7. The third kappa shape index (κ3) is 3.73. The van der Waals surface area contributed by atoms with Crippen LogP contribution in [-0.4, -0.2) is 41.3 Å². The Balaban J connectivity index is 1.83. The van der Waals surface area contributed by atoms with Crippen LogP contribution >= 0.6 is 11.8 Å². The first-order valence-corrected chi connectivity index (χ1v) is 10.9. The number of thioether (sulfide) groups is 1. The van der Waals surface area contributed by atoms with Gasteiger partial charge in [-0.1, -0.05) is 12.1 Å².